The quantitative estimate of drug-likeness (QED) is 0.900. The third-order valence-corrected chi connectivity index (χ3v) is 4.30. The van der Waals surface area contributed by atoms with Gasteiger partial charge < -0.3 is 5.73 Å². The molecule has 0 spiro atoms. The average molecular weight is 300 g/mol. The Kier molecular flexibility index (Phi) is 4.21. The van der Waals surface area contributed by atoms with Gasteiger partial charge in [0.15, 0.2) is 0 Å². The van der Waals surface area contributed by atoms with Gasteiger partial charge >= 0.3 is 0 Å². The molecule has 3 atom stereocenters. The van der Waals surface area contributed by atoms with E-state index < -0.39 is 0 Å². The lowest BCUT2D eigenvalue weighted by atomic mass is 9.92. The SMILES string of the molecule is CC1CCC(C(N)Cc2ccc(Br)cc2F)C1. The highest BCUT2D eigenvalue weighted by Crippen LogP contribution is 2.33. The van der Waals surface area contributed by atoms with Gasteiger partial charge in [0.1, 0.15) is 5.82 Å². The summed E-state index contributed by atoms with van der Waals surface area (Å²) >= 11 is 3.27. The Morgan fingerprint density at radius 3 is 2.82 bits per heavy atom. The lowest BCUT2D eigenvalue weighted by Crippen LogP contribution is -2.31. The maximum absolute atomic E-state index is 13.7. The first kappa shape index (κ1) is 13.0. The molecule has 0 radical (unpaired) electrons. The molecule has 2 N–H and O–H groups in total. The molecule has 1 nitrogen and oxygen atoms in total. The van der Waals surface area contributed by atoms with Gasteiger partial charge in [-0.05, 0) is 48.8 Å². The van der Waals surface area contributed by atoms with Gasteiger partial charge in [-0.1, -0.05) is 35.3 Å². The molecule has 1 aliphatic rings. The predicted octanol–water partition coefficient (Wildman–Crippen LogP) is 3.89. The number of rotatable bonds is 3. The highest BCUT2D eigenvalue weighted by atomic mass is 79.9. The van der Waals surface area contributed by atoms with Crippen LogP contribution in [0, 0.1) is 17.7 Å². The molecule has 3 unspecified atom stereocenters. The second kappa shape index (κ2) is 5.49. The van der Waals surface area contributed by atoms with Crippen LogP contribution in [-0.2, 0) is 6.42 Å². The number of hydrogen-bond donors (Lipinski definition) is 1. The van der Waals surface area contributed by atoms with Crippen molar-refractivity contribution >= 4 is 15.9 Å². The van der Waals surface area contributed by atoms with E-state index in [2.05, 4.69) is 22.9 Å². The Morgan fingerprint density at radius 2 is 2.24 bits per heavy atom. The Balaban J connectivity index is 2.00. The van der Waals surface area contributed by atoms with Crippen LogP contribution in [-0.4, -0.2) is 6.04 Å². The van der Waals surface area contributed by atoms with E-state index in [1.54, 1.807) is 0 Å². The predicted molar refractivity (Wildman–Crippen MR) is 72.3 cm³/mol. The molecule has 1 aliphatic carbocycles. The van der Waals surface area contributed by atoms with Crippen molar-refractivity contribution < 1.29 is 4.39 Å². The minimum atomic E-state index is -0.152. The normalized spacial score (nSPS) is 26.1. The van der Waals surface area contributed by atoms with E-state index >= 15 is 0 Å². The van der Waals surface area contributed by atoms with E-state index in [1.807, 2.05) is 12.1 Å². The number of hydrogen-bond acceptors (Lipinski definition) is 1. The lowest BCUT2D eigenvalue weighted by molar-refractivity contribution is 0.410. The fourth-order valence-corrected chi connectivity index (χ4v) is 3.08. The number of benzene rings is 1. The van der Waals surface area contributed by atoms with Crippen molar-refractivity contribution in [3.8, 4) is 0 Å². The highest BCUT2D eigenvalue weighted by Gasteiger charge is 2.27. The van der Waals surface area contributed by atoms with Crippen LogP contribution in [0.5, 0.6) is 0 Å². The van der Waals surface area contributed by atoms with Crippen LogP contribution in [0.25, 0.3) is 0 Å². The zero-order valence-corrected chi connectivity index (χ0v) is 11.7. The van der Waals surface area contributed by atoms with Gasteiger partial charge in [0.2, 0.25) is 0 Å². The third-order valence-electron chi connectivity index (χ3n) is 3.81. The minimum Gasteiger partial charge on any atom is -0.327 e. The van der Waals surface area contributed by atoms with Gasteiger partial charge in [-0.3, -0.25) is 0 Å². The van der Waals surface area contributed by atoms with Crippen LogP contribution in [0.4, 0.5) is 4.39 Å². The first-order chi connectivity index (χ1) is 8.06. The van der Waals surface area contributed by atoms with Gasteiger partial charge in [-0.2, -0.15) is 0 Å². The molecule has 0 aliphatic heterocycles. The van der Waals surface area contributed by atoms with Gasteiger partial charge in [0, 0.05) is 10.5 Å². The van der Waals surface area contributed by atoms with Crippen LogP contribution in [0.1, 0.15) is 31.7 Å². The largest absolute Gasteiger partial charge is 0.327 e. The van der Waals surface area contributed by atoms with Gasteiger partial charge in [0.25, 0.3) is 0 Å². The molecule has 0 amide bonds. The molecular formula is C14H19BrFN. The van der Waals surface area contributed by atoms with Crippen molar-refractivity contribution in [1.82, 2.24) is 0 Å². The Morgan fingerprint density at radius 1 is 1.47 bits per heavy atom. The van der Waals surface area contributed by atoms with Crippen molar-refractivity contribution in [3.63, 3.8) is 0 Å². The summed E-state index contributed by atoms with van der Waals surface area (Å²) < 4.78 is 14.5. The fraction of sp³-hybridized carbons (Fsp3) is 0.571. The van der Waals surface area contributed by atoms with Crippen molar-refractivity contribution in [2.24, 2.45) is 17.6 Å². The summed E-state index contributed by atoms with van der Waals surface area (Å²) in [6, 6.07) is 5.31. The monoisotopic (exact) mass is 299 g/mol. The van der Waals surface area contributed by atoms with E-state index in [0.717, 1.165) is 16.0 Å². The fourth-order valence-electron chi connectivity index (χ4n) is 2.75. The molecule has 1 fully saturated rings. The third kappa shape index (κ3) is 3.29. The highest BCUT2D eigenvalue weighted by molar-refractivity contribution is 9.10. The zero-order chi connectivity index (χ0) is 12.4. The van der Waals surface area contributed by atoms with E-state index in [9.17, 15) is 4.39 Å². The van der Waals surface area contributed by atoms with Gasteiger partial charge in [-0.25, -0.2) is 4.39 Å². The van der Waals surface area contributed by atoms with E-state index in [4.69, 9.17) is 5.73 Å². The molecule has 0 aromatic heterocycles. The molecule has 2 rings (SSSR count). The van der Waals surface area contributed by atoms with Crippen LogP contribution in [0.15, 0.2) is 22.7 Å². The first-order valence-electron chi connectivity index (χ1n) is 6.25. The van der Waals surface area contributed by atoms with E-state index in [-0.39, 0.29) is 11.9 Å². The summed E-state index contributed by atoms with van der Waals surface area (Å²) in [4.78, 5) is 0. The molecule has 17 heavy (non-hydrogen) atoms. The summed E-state index contributed by atoms with van der Waals surface area (Å²) in [5, 5.41) is 0. The topological polar surface area (TPSA) is 26.0 Å². The van der Waals surface area contributed by atoms with Crippen LogP contribution in [0.2, 0.25) is 0 Å². The van der Waals surface area contributed by atoms with Crippen molar-refractivity contribution in [3.05, 3.63) is 34.1 Å². The molecule has 94 valence electrons. The molecule has 1 aromatic rings. The van der Waals surface area contributed by atoms with Crippen LogP contribution in [0.3, 0.4) is 0 Å². The molecule has 1 saturated carbocycles. The van der Waals surface area contributed by atoms with Gasteiger partial charge in [-0.15, -0.1) is 0 Å². The summed E-state index contributed by atoms with van der Waals surface area (Å²) in [7, 11) is 0. The zero-order valence-electron chi connectivity index (χ0n) is 10.1. The standard InChI is InChI=1S/C14H19BrFN/c1-9-2-3-11(6-9)14(17)7-10-4-5-12(15)8-13(10)16/h4-5,8-9,11,14H,2-3,6-7,17H2,1H3. The Bertz CT molecular complexity index is 394. The molecule has 0 heterocycles. The van der Waals surface area contributed by atoms with E-state index in [1.165, 1.54) is 25.3 Å². The number of nitrogens with two attached hydrogens (primary N) is 1. The van der Waals surface area contributed by atoms with Crippen molar-refractivity contribution in [2.45, 2.75) is 38.6 Å². The van der Waals surface area contributed by atoms with Gasteiger partial charge in [0.05, 0.1) is 0 Å². The maximum atomic E-state index is 13.7. The van der Waals surface area contributed by atoms with Crippen molar-refractivity contribution in [1.29, 1.82) is 0 Å². The molecule has 3 heteroatoms. The summed E-state index contributed by atoms with van der Waals surface area (Å²) in [5.74, 6) is 1.19. The van der Waals surface area contributed by atoms with Crippen molar-refractivity contribution in [2.75, 3.05) is 0 Å². The Labute approximate surface area is 111 Å². The molecular weight excluding hydrogens is 281 g/mol. The lowest BCUT2D eigenvalue weighted by Gasteiger charge is -2.19. The Hall–Kier alpha value is -0.410. The summed E-state index contributed by atoms with van der Waals surface area (Å²) in [5.41, 5.74) is 6.94. The second-order valence-corrected chi connectivity index (χ2v) is 6.20. The summed E-state index contributed by atoms with van der Waals surface area (Å²) in [6.45, 7) is 2.27. The van der Waals surface area contributed by atoms with E-state index in [0.29, 0.717) is 12.3 Å². The molecule has 1 aromatic carbocycles. The average Bonchev–Trinajstić information content (AvgIpc) is 2.69. The van der Waals surface area contributed by atoms with Crippen LogP contribution >= 0.6 is 15.9 Å². The van der Waals surface area contributed by atoms with Crippen LogP contribution < -0.4 is 5.73 Å². The second-order valence-electron chi connectivity index (χ2n) is 5.28. The molecule has 0 saturated heterocycles. The number of halogens is 2. The summed E-state index contributed by atoms with van der Waals surface area (Å²) in [6.07, 6.45) is 4.30. The molecule has 0 bridgehead atoms. The minimum absolute atomic E-state index is 0.0932. The first-order valence-corrected chi connectivity index (χ1v) is 7.05. The maximum Gasteiger partial charge on any atom is 0.127 e. The smallest absolute Gasteiger partial charge is 0.127 e.